The molecule has 0 saturated heterocycles. The first-order chi connectivity index (χ1) is 16.4. The molecule has 0 aliphatic carbocycles. The third-order valence-corrected chi connectivity index (χ3v) is 6.01. The van der Waals surface area contributed by atoms with Gasteiger partial charge in [0.15, 0.2) is 5.17 Å². The van der Waals surface area contributed by atoms with Crippen LogP contribution in [0.25, 0.3) is 6.08 Å². The third kappa shape index (κ3) is 6.05. The van der Waals surface area contributed by atoms with Crippen LogP contribution in [0.5, 0.6) is 5.75 Å². The largest absolute Gasteiger partial charge is 0.497 e. The monoisotopic (exact) mass is 475 g/mol. The Balaban J connectivity index is 1.93. The molecule has 0 fully saturated rings. The number of hydrogen-bond donors (Lipinski definition) is 0. The van der Waals surface area contributed by atoms with Crippen molar-refractivity contribution in [3.05, 3.63) is 90.2 Å². The molecule has 1 heterocycles. The molecule has 0 bridgehead atoms. The van der Waals surface area contributed by atoms with Crippen LogP contribution < -0.4 is 9.64 Å². The minimum atomic E-state index is -0.232. The Morgan fingerprint density at radius 2 is 1.71 bits per heavy atom. The molecule has 0 saturated carbocycles. The van der Waals surface area contributed by atoms with E-state index in [-0.39, 0.29) is 17.6 Å². The van der Waals surface area contributed by atoms with Crippen molar-refractivity contribution < 1.29 is 14.3 Å². The maximum absolute atomic E-state index is 13.4. The van der Waals surface area contributed by atoms with Gasteiger partial charge in [0.1, 0.15) is 11.4 Å². The summed E-state index contributed by atoms with van der Waals surface area (Å²) >= 11 is 1.25. The molecule has 0 N–H and O–H groups in total. The van der Waals surface area contributed by atoms with Gasteiger partial charge in [0.2, 0.25) is 5.91 Å². The molecule has 0 radical (unpaired) electrons. The van der Waals surface area contributed by atoms with Gasteiger partial charge in [-0.2, -0.15) is 0 Å². The van der Waals surface area contributed by atoms with Gasteiger partial charge in [0, 0.05) is 13.1 Å². The second-order valence-electron chi connectivity index (χ2n) is 7.85. The molecule has 176 valence electrons. The first-order valence-electron chi connectivity index (χ1n) is 10.9. The first-order valence-corrected chi connectivity index (χ1v) is 11.8. The van der Waals surface area contributed by atoms with Gasteiger partial charge in [0.05, 0.1) is 18.6 Å². The highest BCUT2D eigenvalue weighted by atomic mass is 32.2. The van der Waals surface area contributed by atoms with Crippen molar-refractivity contribution in [3.8, 4) is 5.75 Å². The van der Waals surface area contributed by atoms with Crippen molar-refractivity contribution in [1.29, 1.82) is 0 Å². The van der Waals surface area contributed by atoms with Gasteiger partial charge in [-0.25, -0.2) is 4.99 Å². The molecule has 2 aromatic carbocycles. The number of thioether (sulfide) groups is 1. The Hall–Kier alpha value is -3.58. The number of nitrogens with zero attached hydrogens (tertiary/aromatic N) is 3. The maximum atomic E-state index is 13.4. The molecule has 0 aromatic heterocycles. The number of rotatable bonds is 9. The number of aliphatic imine (C=N–C) groups is 1. The fourth-order valence-corrected chi connectivity index (χ4v) is 4.48. The Morgan fingerprint density at radius 3 is 2.26 bits per heavy atom. The number of methoxy groups -OCH3 is 1. The molecule has 3 rings (SSSR count). The van der Waals surface area contributed by atoms with Gasteiger partial charge in [-0.05, 0) is 60.9 Å². The minimum absolute atomic E-state index is 0.0760. The molecule has 0 unspecified atom stereocenters. The zero-order valence-electron chi connectivity index (χ0n) is 19.8. The van der Waals surface area contributed by atoms with E-state index in [0.29, 0.717) is 24.0 Å². The van der Waals surface area contributed by atoms with Crippen LogP contribution in [0.15, 0.2) is 78.5 Å². The van der Waals surface area contributed by atoms with Crippen LogP contribution in [0.1, 0.15) is 16.7 Å². The number of carbonyl (C=O) groups is 2. The summed E-state index contributed by atoms with van der Waals surface area (Å²) in [5, 5.41) is 0.472. The van der Waals surface area contributed by atoms with Crippen molar-refractivity contribution in [2.24, 2.45) is 4.99 Å². The molecule has 7 heteroatoms. The summed E-state index contributed by atoms with van der Waals surface area (Å²) in [5.74, 6) is 0.571. The Labute approximate surface area is 205 Å². The van der Waals surface area contributed by atoms with E-state index >= 15 is 0 Å². The number of amides is 2. The average Bonchev–Trinajstić information content (AvgIpc) is 3.12. The highest BCUT2D eigenvalue weighted by molar-refractivity contribution is 8.14. The van der Waals surface area contributed by atoms with Crippen LogP contribution >= 0.6 is 11.8 Å². The molecule has 0 spiro atoms. The number of amidine groups is 1. The van der Waals surface area contributed by atoms with Gasteiger partial charge in [-0.3, -0.25) is 14.5 Å². The van der Waals surface area contributed by atoms with Gasteiger partial charge in [-0.15, -0.1) is 13.2 Å². The average molecular weight is 476 g/mol. The van der Waals surface area contributed by atoms with E-state index in [4.69, 9.17) is 4.74 Å². The smallest absolute Gasteiger partial charge is 0.283 e. The van der Waals surface area contributed by atoms with Crippen molar-refractivity contribution >= 4 is 40.5 Å². The predicted molar refractivity (Wildman–Crippen MR) is 141 cm³/mol. The van der Waals surface area contributed by atoms with Crippen LogP contribution in [-0.4, -0.2) is 47.8 Å². The zero-order valence-corrected chi connectivity index (χ0v) is 20.6. The summed E-state index contributed by atoms with van der Waals surface area (Å²) in [6.45, 7) is 12.3. The van der Waals surface area contributed by atoms with E-state index in [1.54, 1.807) is 35.1 Å². The Kier molecular flexibility index (Phi) is 8.49. The second-order valence-corrected chi connectivity index (χ2v) is 8.79. The van der Waals surface area contributed by atoms with Gasteiger partial charge in [-0.1, -0.05) is 42.1 Å². The molecular weight excluding hydrogens is 446 g/mol. The van der Waals surface area contributed by atoms with E-state index in [1.165, 1.54) is 11.8 Å². The Morgan fingerprint density at radius 1 is 1.09 bits per heavy atom. The van der Waals surface area contributed by atoms with E-state index in [9.17, 15) is 9.59 Å². The topological polar surface area (TPSA) is 62.2 Å². The lowest BCUT2D eigenvalue weighted by Gasteiger charge is -2.21. The number of benzene rings is 2. The van der Waals surface area contributed by atoms with Crippen LogP contribution in [0.3, 0.4) is 0 Å². The van der Waals surface area contributed by atoms with Crippen molar-refractivity contribution in [3.63, 3.8) is 0 Å². The van der Waals surface area contributed by atoms with E-state index in [2.05, 4.69) is 18.2 Å². The summed E-state index contributed by atoms with van der Waals surface area (Å²) in [4.78, 5) is 34.1. The van der Waals surface area contributed by atoms with Crippen LogP contribution in [0, 0.1) is 13.8 Å². The Bertz CT molecular complexity index is 1120. The second kappa shape index (κ2) is 11.5. The summed E-state index contributed by atoms with van der Waals surface area (Å²) in [5.41, 5.74) is 3.96. The third-order valence-electron chi connectivity index (χ3n) is 5.09. The predicted octanol–water partition coefficient (Wildman–Crippen LogP) is 4.99. The number of carbonyl (C=O) groups excluding carboxylic acids is 2. The van der Waals surface area contributed by atoms with Crippen molar-refractivity contribution in [1.82, 2.24) is 4.90 Å². The van der Waals surface area contributed by atoms with Gasteiger partial charge < -0.3 is 9.64 Å². The lowest BCUT2D eigenvalue weighted by molar-refractivity contribution is -0.127. The van der Waals surface area contributed by atoms with E-state index in [0.717, 1.165) is 28.1 Å². The molecule has 6 nitrogen and oxygen atoms in total. The van der Waals surface area contributed by atoms with Gasteiger partial charge >= 0.3 is 0 Å². The zero-order chi connectivity index (χ0) is 24.7. The lowest BCUT2D eigenvalue weighted by atomic mass is 10.1. The van der Waals surface area contributed by atoms with Crippen molar-refractivity contribution in [2.75, 3.05) is 30.9 Å². The summed E-state index contributed by atoms with van der Waals surface area (Å²) in [7, 11) is 1.61. The highest BCUT2D eigenvalue weighted by Gasteiger charge is 2.33. The first kappa shape index (κ1) is 25.1. The summed E-state index contributed by atoms with van der Waals surface area (Å²) < 4.78 is 5.21. The van der Waals surface area contributed by atoms with Crippen LogP contribution in [0.4, 0.5) is 5.69 Å². The molecule has 0 atom stereocenters. The normalized spacial score (nSPS) is 14.2. The molecule has 2 amide bonds. The molecule has 1 aliphatic rings. The quantitative estimate of drug-likeness (QED) is 0.379. The van der Waals surface area contributed by atoms with Crippen molar-refractivity contribution in [2.45, 2.75) is 13.8 Å². The standard InChI is InChI=1S/C27H29N3O3S/c1-6-12-29(13-7-2)25(31)18-34-27-28-24(17-21-8-10-23(33-5)11-9-21)26(32)30(27)22-15-19(3)14-20(4)16-22/h6-11,14-17H,1-2,12-13,18H2,3-5H3/b24-17-. The highest BCUT2D eigenvalue weighted by Crippen LogP contribution is 2.31. The molecule has 1 aliphatic heterocycles. The van der Waals surface area contributed by atoms with E-state index < -0.39 is 0 Å². The minimum Gasteiger partial charge on any atom is -0.497 e. The maximum Gasteiger partial charge on any atom is 0.283 e. The number of anilines is 1. The molecule has 34 heavy (non-hydrogen) atoms. The van der Waals surface area contributed by atoms with E-state index in [1.807, 2.05) is 56.3 Å². The number of ether oxygens (including phenoxy) is 1. The summed E-state index contributed by atoms with van der Waals surface area (Å²) in [6, 6.07) is 13.3. The molecule has 2 aromatic rings. The fraction of sp³-hybridized carbons (Fsp3) is 0.222. The number of aryl methyl sites for hydroxylation is 2. The van der Waals surface area contributed by atoms with Crippen LogP contribution in [-0.2, 0) is 9.59 Å². The number of hydrogen-bond acceptors (Lipinski definition) is 5. The lowest BCUT2D eigenvalue weighted by Crippen LogP contribution is -2.35. The summed E-state index contributed by atoms with van der Waals surface area (Å²) in [6.07, 6.45) is 5.11. The fourth-order valence-electron chi connectivity index (χ4n) is 3.57. The molecular formula is C27H29N3O3S. The van der Waals surface area contributed by atoms with Crippen LogP contribution in [0.2, 0.25) is 0 Å². The van der Waals surface area contributed by atoms with Gasteiger partial charge in [0.25, 0.3) is 5.91 Å². The SMILES string of the molecule is C=CCN(CC=C)C(=O)CSC1=N/C(=C\c2ccc(OC)cc2)C(=O)N1c1cc(C)cc(C)c1.